The number of hydrogen-bond acceptors (Lipinski definition) is 4. The minimum Gasteiger partial charge on any atom is -0.297 e. The molecule has 5 heteroatoms. The standard InChI is InChI=1S/C27H39NO3S/c1-15-3-7-18-17(11-15)6-8-20-19(18)9-10-27(2)22(12-21(25(20)27)16-4-5-16)23(29)13-28-24(30)14-32-26(28)31/h15-22,25H,3-14H2,1-2H3/t15-,17+,18-,19?,20+,21-,22+,25?,27+/m0/s1. The molecule has 4 nitrogen and oxygen atoms in total. The number of hydrogen-bond donors (Lipinski definition) is 0. The maximum absolute atomic E-state index is 13.6. The summed E-state index contributed by atoms with van der Waals surface area (Å²) in [4.78, 5) is 39.1. The van der Waals surface area contributed by atoms with Gasteiger partial charge < -0.3 is 0 Å². The van der Waals surface area contributed by atoms with Gasteiger partial charge in [-0.1, -0.05) is 32.0 Å². The van der Waals surface area contributed by atoms with Crippen molar-refractivity contribution in [3.63, 3.8) is 0 Å². The SMILES string of the molecule is C[C@H]1CC[C@@H]2C3CC[C@@]4(C)C([C@@H]3CC[C@@H]2C1)[C@H](C1CC1)C[C@@H]4C(=O)CN1C(=O)CSC1=O. The van der Waals surface area contributed by atoms with Crippen LogP contribution in [0.25, 0.3) is 0 Å². The smallest absolute Gasteiger partial charge is 0.289 e. The molecule has 2 amide bonds. The fraction of sp³-hybridized carbons (Fsp3) is 0.889. The van der Waals surface area contributed by atoms with Crippen LogP contribution in [0.15, 0.2) is 0 Å². The Kier molecular flexibility index (Phi) is 5.32. The third-order valence-corrected chi connectivity index (χ3v) is 11.9. The van der Waals surface area contributed by atoms with Gasteiger partial charge in [0.05, 0.1) is 12.3 Å². The monoisotopic (exact) mass is 457 g/mol. The summed E-state index contributed by atoms with van der Waals surface area (Å²) >= 11 is 1.05. The first-order valence-corrected chi connectivity index (χ1v) is 14.3. The van der Waals surface area contributed by atoms with Crippen LogP contribution >= 0.6 is 11.8 Å². The first kappa shape index (κ1) is 21.7. The van der Waals surface area contributed by atoms with Crippen LogP contribution in [-0.2, 0) is 9.59 Å². The van der Waals surface area contributed by atoms with E-state index in [1.807, 2.05) is 0 Å². The highest BCUT2D eigenvalue weighted by Crippen LogP contribution is 2.69. The van der Waals surface area contributed by atoms with E-state index in [1.54, 1.807) is 0 Å². The van der Waals surface area contributed by atoms with E-state index in [2.05, 4.69) is 13.8 Å². The predicted octanol–water partition coefficient (Wildman–Crippen LogP) is 5.79. The lowest BCUT2D eigenvalue weighted by atomic mass is 9.48. The molecule has 0 N–H and O–H groups in total. The van der Waals surface area contributed by atoms with Crippen LogP contribution in [0.1, 0.15) is 78.1 Å². The maximum Gasteiger partial charge on any atom is 0.289 e. The van der Waals surface area contributed by atoms with Gasteiger partial charge in [0.1, 0.15) is 0 Å². The van der Waals surface area contributed by atoms with Crippen LogP contribution in [0.2, 0.25) is 0 Å². The summed E-state index contributed by atoms with van der Waals surface area (Å²) in [5.74, 6) is 6.90. The lowest BCUT2D eigenvalue weighted by molar-refractivity contribution is -0.136. The number of fused-ring (bicyclic) bond motifs is 5. The highest BCUT2D eigenvalue weighted by molar-refractivity contribution is 8.14. The molecule has 6 rings (SSSR count). The lowest BCUT2D eigenvalue weighted by Crippen LogP contribution is -2.51. The summed E-state index contributed by atoms with van der Waals surface area (Å²) in [5.41, 5.74) is 0.0687. The van der Waals surface area contributed by atoms with Gasteiger partial charge in [-0.05, 0) is 111 Å². The Labute approximate surface area is 197 Å². The molecule has 5 aliphatic carbocycles. The van der Waals surface area contributed by atoms with Gasteiger partial charge in [-0.25, -0.2) is 0 Å². The van der Waals surface area contributed by atoms with Gasteiger partial charge in [0.25, 0.3) is 5.24 Å². The molecule has 176 valence electrons. The van der Waals surface area contributed by atoms with Gasteiger partial charge in [-0.3, -0.25) is 19.3 Å². The number of nitrogens with zero attached hydrogens (tertiary/aromatic N) is 1. The Balaban J connectivity index is 1.26. The van der Waals surface area contributed by atoms with Gasteiger partial charge in [-0.2, -0.15) is 0 Å². The van der Waals surface area contributed by atoms with E-state index in [9.17, 15) is 14.4 Å². The van der Waals surface area contributed by atoms with E-state index in [0.29, 0.717) is 11.8 Å². The van der Waals surface area contributed by atoms with Crippen LogP contribution in [0.5, 0.6) is 0 Å². The first-order valence-electron chi connectivity index (χ1n) is 13.4. The molecule has 2 unspecified atom stereocenters. The van der Waals surface area contributed by atoms with E-state index in [1.165, 1.54) is 62.7 Å². The molecule has 5 saturated carbocycles. The molecule has 32 heavy (non-hydrogen) atoms. The number of rotatable bonds is 4. The van der Waals surface area contributed by atoms with E-state index >= 15 is 0 Å². The first-order chi connectivity index (χ1) is 15.4. The number of thioether (sulfide) groups is 1. The molecule has 0 spiro atoms. The topological polar surface area (TPSA) is 54.5 Å². The molecule has 0 aromatic heterocycles. The molecule has 1 aliphatic heterocycles. The molecule has 1 heterocycles. The Hall–Kier alpha value is -0.840. The predicted molar refractivity (Wildman–Crippen MR) is 126 cm³/mol. The molecule has 0 bridgehead atoms. The second-order valence-electron chi connectivity index (χ2n) is 12.6. The maximum atomic E-state index is 13.6. The number of Topliss-reactive ketones (excluding diaryl/α,β-unsaturated/α-hetero) is 1. The number of carbonyl (C=O) groups is 3. The molecule has 0 aromatic carbocycles. The van der Waals surface area contributed by atoms with Crippen molar-refractivity contribution in [2.75, 3.05) is 12.3 Å². The Morgan fingerprint density at radius 1 is 0.938 bits per heavy atom. The van der Waals surface area contributed by atoms with Gasteiger partial charge in [0.2, 0.25) is 5.91 Å². The van der Waals surface area contributed by atoms with Crippen LogP contribution in [0.4, 0.5) is 4.79 Å². The van der Waals surface area contributed by atoms with E-state index < -0.39 is 0 Å². The Morgan fingerprint density at radius 3 is 2.41 bits per heavy atom. The normalized spacial score (nSPS) is 48.4. The summed E-state index contributed by atoms with van der Waals surface area (Å²) in [5, 5.41) is -0.227. The van der Waals surface area contributed by atoms with Crippen LogP contribution in [0.3, 0.4) is 0 Å². The molecule has 0 radical (unpaired) electrons. The van der Waals surface area contributed by atoms with E-state index in [4.69, 9.17) is 0 Å². The van der Waals surface area contributed by atoms with Gasteiger partial charge in [0.15, 0.2) is 5.78 Å². The van der Waals surface area contributed by atoms with Crippen molar-refractivity contribution in [1.82, 2.24) is 4.90 Å². The quantitative estimate of drug-likeness (QED) is 0.536. The van der Waals surface area contributed by atoms with Gasteiger partial charge in [-0.15, -0.1) is 0 Å². The largest absolute Gasteiger partial charge is 0.297 e. The van der Waals surface area contributed by atoms with Gasteiger partial charge >= 0.3 is 0 Å². The second-order valence-corrected chi connectivity index (χ2v) is 13.5. The van der Waals surface area contributed by atoms with Crippen molar-refractivity contribution in [3.05, 3.63) is 0 Å². The number of ketones is 1. The van der Waals surface area contributed by atoms with Crippen molar-refractivity contribution in [2.45, 2.75) is 78.1 Å². The highest BCUT2D eigenvalue weighted by Gasteiger charge is 2.63. The average Bonchev–Trinajstić information content (AvgIpc) is 3.50. The Morgan fingerprint density at radius 2 is 1.69 bits per heavy atom. The minimum absolute atomic E-state index is 0.0196. The number of imide groups is 1. The molecule has 0 aromatic rings. The molecule has 6 aliphatic rings. The molecule has 1 saturated heterocycles. The zero-order valence-corrected chi connectivity index (χ0v) is 20.6. The fourth-order valence-electron chi connectivity index (χ4n) is 9.57. The van der Waals surface area contributed by atoms with Crippen molar-refractivity contribution in [1.29, 1.82) is 0 Å². The van der Waals surface area contributed by atoms with Crippen LogP contribution in [0, 0.1) is 58.7 Å². The van der Waals surface area contributed by atoms with Crippen molar-refractivity contribution in [2.24, 2.45) is 58.7 Å². The fourth-order valence-corrected chi connectivity index (χ4v) is 10.3. The zero-order valence-electron chi connectivity index (χ0n) is 19.8. The molecule has 6 fully saturated rings. The average molecular weight is 458 g/mol. The molecular formula is C27H39NO3S. The van der Waals surface area contributed by atoms with Crippen molar-refractivity contribution < 1.29 is 14.4 Å². The van der Waals surface area contributed by atoms with E-state index in [-0.39, 0.29) is 40.6 Å². The van der Waals surface area contributed by atoms with Crippen LogP contribution in [-0.4, -0.2) is 34.1 Å². The zero-order chi connectivity index (χ0) is 22.2. The third-order valence-electron chi connectivity index (χ3n) is 11.0. The minimum atomic E-state index is -0.227. The van der Waals surface area contributed by atoms with Crippen molar-refractivity contribution >= 4 is 28.7 Å². The molecule has 9 atom stereocenters. The summed E-state index contributed by atoms with van der Waals surface area (Å²) in [6, 6.07) is 0. The second kappa shape index (κ2) is 7.85. The van der Waals surface area contributed by atoms with Gasteiger partial charge in [0, 0.05) is 5.92 Å². The molecular weight excluding hydrogens is 418 g/mol. The summed E-state index contributed by atoms with van der Waals surface area (Å²) in [6.07, 6.45) is 13.3. The number of carbonyl (C=O) groups excluding carboxylic acids is 3. The summed E-state index contributed by atoms with van der Waals surface area (Å²) < 4.78 is 0. The lowest BCUT2D eigenvalue weighted by Gasteiger charge is -2.57. The van der Waals surface area contributed by atoms with E-state index in [0.717, 1.165) is 53.7 Å². The Bertz CT molecular complexity index is 808. The van der Waals surface area contributed by atoms with Crippen LogP contribution < -0.4 is 0 Å². The third kappa shape index (κ3) is 3.34. The number of amides is 2. The summed E-state index contributed by atoms with van der Waals surface area (Å²) in [6.45, 7) is 4.90. The van der Waals surface area contributed by atoms with Crippen molar-refractivity contribution in [3.8, 4) is 0 Å². The highest BCUT2D eigenvalue weighted by atomic mass is 32.2. The summed E-state index contributed by atoms with van der Waals surface area (Å²) in [7, 11) is 0.